The summed E-state index contributed by atoms with van der Waals surface area (Å²) < 4.78 is 22.8. The Morgan fingerprint density at radius 1 is 1.19 bits per heavy atom. The van der Waals surface area contributed by atoms with Gasteiger partial charge in [-0.05, 0) is 38.8 Å². The number of benzene rings is 1. The molecule has 1 saturated heterocycles. The van der Waals surface area contributed by atoms with Crippen LogP contribution in [0.4, 0.5) is 5.69 Å². The van der Waals surface area contributed by atoms with Crippen LogP contribution in [0, 0.1) is 0 Å². The summed E-state index contributed by atoms with van der Waals surface area (Å²) in [5, 5.41) is 6.19. The topological polar surface area (TPSA) is 75.3 Å². The smallest absolute Gasteiger partial charge is 0.253 e. The SMILES string of the molecule is CC(C)Nc1ccccc1C(=O)NC1CCS(=O)(=O)CC1. The zero-order valence-electron chi connectivity index (χ0n) is 12.4. The number of amides is 1. The van der Waals surface area contributed by atoms with Gasteiger partial charge in [-0.1, -0.05) is 12.1 Å². The third-order valence-corrected chi connectivity index (χ3v) is 5.22. The minimum absolute atomic E-state index is 0.0619. The van der Waals surface area contributed by atoms with E-state index in [0.717, 1.165) is 5.69 Å². The first-order chi connectivity index (χ1) is 9.87. The van der Waals surface area contributed by atoms with E-state index in [9.17, 15) is 13.2 Å². The van der Waals surface area contributed by atoms with Gasteiger partial charge >= 0.3 is 0 Å². The summed E-state index contributed by atoms with van der Waals surface area (Å²) in [5.74, 6) is 0.163. The quantitative estimate of drug-likeness (QED) is 0.889. The number of carbonyl (C=O) groups excluding carboxylic acids is 1. The fraction of sp³-hybridized carbons (Fsp3) is 0.533. The molecule has 0 bridgehead atoms. The fourth-order valence-corrected chi connectivity index (χ4v) is 3.91. The molecule has 1 aromatic carbocycles. The highest BCUT2D eigenvalue weighted by molar-refractivity contribution is 7.91. The van der Waals surface area contributed by atoms with Crippen molar-refractivity contribution in [1.82, 2.24) is 5.32 Å². The summed E-state index contributed by atoms with van der Waals surface area (Å²) in [6.45, 7) is 4.03. The third kappa shape index (κ3) is 4.46. The van der Waals surface area contributed by atoms with Crippen molar-refractivity contribution in [1.29, 1.82) is 0 Å². The van der Waals surface area contributed by atoms with E-state index in [4.69, 9.17) is 0 Å². The van der Waals surface area contributed by atoms with Crippen molar-refractivity contribution in [2.24, 2.45) is 0 Å². The molecule has 0 aliphatic carbocycles. The Kier molecular flexibility index (Phi) is 4.88. The Bertz CT molecular complexity index is 597. The van der Waals surface area contributed by atoms with Crippen LogP contribution in [0.5, 0.6) is 0 Å². The lowest BCUT2D eigenvalue weighted by Gasteiger charge is -2.24. The van der Waals surface area contributed by atoms with Crippen LogP contribution in [0.3, 0.4) is 0 Å². The minimum Gasteiger partial charge on any atom is -0.382 e. The van der Waals surface area contributed by atoms with Crippen LogP contribution < -0.4 is 10.6 Å². The van der Waals surface area contributed by atoms with Crippen LogP contribution in [0.2, 0.25) is 0 Å². The normalized spacial score (nSPS) is 18.4. The summed E-state index contributed by atoms with van der Waals surface area (Å²) in [5.41, 5.74) is 1.40. The van der Waals surface area contributed by atoms with Gasteiger partial charge in [-0.15, -0.1) is 0 Å². The predicted molar refractivity (Wildman–Crippen MR) is 84.3 cm³/mol. The molecule has 5 nitrogen and oxygen atoms in total. The molecule has 116 valence electrons. The zero-order chi connectivity index (χ0) is 15.5. The molecule has 2 rings (SSSR count). The first-order valence-electron chi connectivity index (χ1n) is 7.24. The van der Waals surface area contributed by atoms with Gasteiger partial charge in [0.05, 0.1) is 17.1 Å². The largest absolute Gasteiger partial charge is 0.382 e. The Morgan fingerprint density at radius 2 is 1.81 bits per heavy atom. The number of hydrogen-bond donors (Lipinski definition) is 2. The maximum absolute atomic E-state index is 12.4. The van der Waals surface area contributed by atoms with Gasteiger partial charge in [0.15, 0.2) is 0 Å². The Hall–Kier alpha value is -1.56. The maximum Gasteiger partial charge on any atom is 0.253 e. The van der Waals surface area contributed by atoms with Crippen molar-refractivity contribution in [3.8, 4) is 0 Å². The molecule has 0 aromatic heterocycles. The van der Waals surface area contributed by atoms with Crippen molar-refractivity contribution >= 4 is 21.4 Å². The first-order valence-corrected chi connectivity index (χ1v) is 9.06. The second-order valence-electron chi connectivity index (χ2n) is 5.74. The van der Waals surface area contributed by atoms with E-state index < -0.39 is 9.84 Å². The monoisotopic (exact) mass is 310 g/mol. The third-order valence-electron chi connectivity index (χ3n) is 3.51. The Morgan fingerprint density at radius 3 is 2.43 bits per heavy atom. The molecule has 1 aliphatic heterocycles. The van der Waals surface area contributed by atoms with E-state index >= 15 is 0 Å². The van der Waals surface area contributed by atoms with Gasteiger partial charge in [0.1, 0.15) is 9.84 Å². The van der Waals surface area contributed by atoms with E-state index in [1.165, 1.54) is 0 Å². The van der Waals surface area contributed by atoms with Gasteiger partial charge in [-0.25, -0.2) is 8.42 Å². The molecule has 0 atom stereocenters. The average molecular weight is 310 g/mol. The number of hydrogen-bond acceptors (Lipinski definition) is 4. The molecular weight excluding hydrogens is 288 g/mol. The maximum atomic E-state index is 12.4. The number of carbonyl (C=O) groups is 1. The van der Waals surface area contributed by atoms with E-state index in [-0.39, 0.29) is 29.5 Å². The molecule has 1 aliphatic rings. The first kappa shape index (κ1) is 15.8. The lowest BCUT2D eigenvalue weighted by atomic mass is 10.1. The summed E-state index contributed by atoms with van der Waals surface area (Å²) in [6, 6.07) is 7.53. The van der Waals surface area contributed by atoms with Crippen LogP contribution >= 0.6 is 0 Å². The minimum atomic E-state index is -2.90. The molecular formula is C15H22N2O3S. The number of para-hydroxylation sites is 1. The van der Waals surface area contributed by atoms with Gasteiger partial charge in [-0.2, -0.15) is 0 Å². The van der Waals surface area contributed by atoms with Crippen molar-refractivity contribution in [3.63, 3.8) is 0 Å². The number of anilines is 1. The van der Waals surface area contributed by atoms with Gasteiger partial charge in [0.25, 0.3) is 5.91 Å². The van der Waals surface area contributed by atoms with Crippen molar-refractivity contribution in [2.45, 2.75) is 38.8 Å². The van der Waals surface area contributed by atoms with Crippen molar-refractivity contribution < 1.29 is 13.2 Å². The molecule has 1 amide bonds. The van der Waals surface area contributed by atoms with Crippen LogP contribution in [0.15, 0.2) is 24.3 Å². The van der Waals surface area contributed by atoms with Crippen LogP contribution in [-0.2, 0) is 9.84 Å². The highest BCUT2D eigenvalue weighted by Crippen LogP contribution is 2.18. The van der Waals surface area contributed by atoms with Crippen molar-refractivity contribution in [3.05, 3.63) is 29.8 Å². The second kappa shape index (κ2) is 6.47. The number of nitrogens with one attached hydrogen (secondary N) is 2. The zero-order valence-corrected chi connectivity index (χ0v) is 13.2. The van der Waals surface area contributed by atoms with Gasteiger partial charge in [-0.3, -0.25) is 4.79 Å². The number of rotatable bonds is 4. The molecule has 0 saturated carbocycles. The summed E-state index contributed by atoms with van der Waals surface area (Å²) >= 11 is 0. The van der Waals surface area contributed by atoms with Gasteiger partial charge < -0.3 is 10.6 Å². The molecule has 1 aromatic rings. The molecule has 2 N–H and O–H groups in total. The Balaban J connectivity index is 2.04. The lowest BCUT2D eigenvalue weighted by molar-refractivity contribution is 0.0935. The van der Waals surface area contributed by atoms with E-state index in [1.807, 2.05) is 32.0 Å². The van der Waals surface area contributed by atoms with Gasteiger partial charge in [0, 0.05) is 17.8 Å². The molecule has 1 heterocycles. The highest BCUT2D eigenvalue weighted by atomic mass is 32.2. The van der Waals surface area contributed by atoms with Gasteiger partial charge in [0.2, 0.25) is 0 Å². The molecule has 0 radical (unpaired) electrons. The molecule has 0 spiro atoms. The molecule has 21 heavy (non-hydrogen) atoms. The standard InChI is InChI=1S/C15H22N2O3S/c1-11(2)16-14-6-4-3-5-13(14)15(18)17-12-7-9-21(19,20)10-8-12/h3-6,11-12,16H,7-10H2,1-2H3,(H,17,18). The van der Waals surface area contributed by atoms with Crippen LogP contribution in [-0.4, -0.2) is 37.9 Å². The number of sulfone groups is 1. The summed E-state index contributed by atoms with van der Waals surface area (Å²) in [6.07, 6.45) is 0.988. The highest BCUT2D eigenvalue weighted by Gasteiger charge is 2.25. The Labute approximate surface area is 126 Å². The average Bonchev–Trinajstić information content (AvgIpc) is 2.41. The van der Waals surface area contributed by atoms with Crippen LogP contribution in [0.1, 0.15) is 37.0 Å². The van der Waals surface area contributed by atoms with Crippen LogP contribution in [0.25, 0.3) is 0 Å². The van der Waals surface area contributed by atoms with E-state index in [0.29, 0.717) is 18.4 Å². The van der Waals surface area contributed by atoms with E-state index in [2.05, 4.69) is 10.6 Å². The van der Waals surface area contributed by atoms with Crippen molar-refractivity contribution in [2.75, 3.05) is 16.8 Å². The molecule has 0 unspecified atom stereocenters. The molecule has 1 fully saturated rings. The fourth-order valence-electron chi connectivity index (χ4n) is 2.42. The molecule has 6 heteroatoms. The van der Waals surface area contributed by atoms with E-state index in [1.54, 1.807) is 6.07 Å². The lowest BCUT2D eigenvalue weighted by Crippen LogP contribution is -2.41. The predicted octanol–water partition coefficient (Wildman–Crippen LogP) is 1.81. The summed E-state index contributed by atoms with van der Waals surface area (Å²) in [4.78, 5) is 12.4. The second-order valence-corrected chi connectivity index (χ2v) is 8.05. The summed E-state index contributed by atoms with van der Waals surface area (Å²) in [7, 11) is -2.90.